The Morgan fingerprint density at radius 1 is 0.750 bits per heavy atom. The molecule has 0 spiro atoms. The van der Waals surface area contributed by atoms with Crippen LogP contribution in [0.2, 0.25) is 0 Å². The Bertz CT molecular complexity index is 365. The van der Waals surface area contributed by atoms with E-state index in [1.54, 1.807) is 0 Å². The molecule has 28 heavy (non-hydrogen) atoms. The van der Waals surface area contributed by atoms with E-state index in [2.05, 4.69) is 52.2 Å². The van der Waals surface area contributed by atoms with E-state index in [4.69, 9.17) is 18.9 Å². The average molecular weight is 405 g/mol. The second-order valence-electron chi connectivity index (χ2n) is 8.03. The molecule has 0 rings (SSSR count). The highest BCUT2D eigenvalue weighted by molar-refractivity contribution is 5.76. The predicted molar refractivity (Wildman–Crippen MR) is 113 cm³/mol. The zero-order chi connectivity index (χ0) is 21.2. The molecule has 0 aromatic rings. The fourth-order valence-corrected chi connectivity index (χ4v) is 2.43. The topological polar surface area (TPSA) is 78.1 Å². The molecule has 0 fully saturated rings. The van der Waals surface area contributed by atoms with E-state index >= 15 is 0 Å². The van der Waals surface area contributed by atoms with Gasteiger partial charge in [-0.3, -0.25) is 4.79 Å². The molecule has 0 aliphatic heterocycles. The molecule has 0 aromatic carbocycles. The van der Waals surface area contributed by atoms with Crippen LogP contribution >= 0.6 is 0 Å². The molecule has 0 aliphatic rings. The Balaban J connectivity index is 3.41. The van der Waals surface area contributed by atoms with Gasteiger partial charge in [0.2, 0.25) is 5.91 Å². The molecule has 0 bridgehead atoms. The van der Waals surface area contributed by atoms with Gasteiger partial charge in [-0.15, -0.1) is 0 Å². The zero-order valence-electron chi connectivity index (χ0n) is 18.9. The second kappa shape index (κ2) is 18.3. The minimum atomic E-state index is 0.0567. The third-order valence-electron chi connectivity index (χ3n) is 3.89. The van der Waals surface area contributed by atoms with Crippen molar-refractivity contribution in [2.24, 2.45) is 11.8 Å². The molecule has 0 saturated heterocycles. The number of carbonyl (C=O) groups excluding carboxylic acids is 1. The van der Waals surface area contributed by atoms with Crippen LogP contribution in [0.4, 0.5) is 0 Å². The molecule has 1 atom stereocenters. The number of rotatable bonds is 19. The molecular weight excluding hydrogens is 360 g/mol. The number of hydrogen-bond donors (Lipinski definition) is 2. The smallest absolute Gasteiger partial charge is 0.221 e. The molecule has 0 saturated carbocycles. The zero-order valence-corrected chi connectivity index (χ0v) is 18.9. The van der Waals surface area contributed by atoms with Gasteiger partial charge in [-0.2, -0.15) is 0 Å². The van der Waals surface area contributed by atoms with Crippen LogP contribution in [0.1, 0.15) is 48.0 Å². The first-order chi connectivity index (χ1) is 13.3. The van der Waals surface area contributed by atoms with Gasteiger partial charge in [0.05, 0.1) is 46.2 Å². The van der Waals surface area contributed by atoms with Crippen LogP contribution in [0.3, 0.4) is 0 Å². The Kier molecular flexibility index (Phi) is 17.8. The minimum Gasteiger partial charge on any atom is -0.379 e. The van der Waals surface area contributed by atoms with Gasteiger partial charge in [-0.05, 0) is 11.8 Å². The van der Waals surface area contributed by atoms with Crippen molar-refractivity contribution in [1.82, 2.24) is 10.6 Å². The Morgan fingerprint density at radius 3 is 1.71 bits per heavy atom. The van der Waals surface area contributed by atoms with E-state index < -0.39 is 0 Å². The lowest BCUT2D eigenvalue weighted by Crippen LogP contribution is -2.42. The summed E-state index contributed by atoms with van der Waals surface area (Å²) in [6.45, 7) is 17.8. The van der Waals surface area contributed by atoms with Gasteiger partial charge in [0, 0.05) is 31.7 Å². The van der Waals surface area contributed by atoms with E-state index in [1.165, 1.54) is 0 Å². The van der Waals surface area contributed by atoms with Crippen LogP contribution in [-0.4, -0.2) is 77.4 Å². The first-order valence-corrected chi connectivity index (χ1v) is 10.7. The number of ether oxygens (including phenoxy) is 4. The first-order valence-electron chi connectivity index (χ1n) is 10.7. The third kappa shape index (κ3) is 18.6. The Hall–Kier alpha value is -0.730. The monoisotopic (exact) mass is 404 g/mol. The summed E-state index contributed by atoms with van der Waals surface area (Å²) in [5.41, 5.74) is 0. The van der Waals surface area contributed by atoms with Crippen LogP contribution in [0, 0.1) is 11.8 Å². The van der Waals surface area contributed by atoms with Crippen molar-refractivity contribution >= 4 is 5.91 Å². The summed E-state index contributed by atoms with van der Waals surface area (Å²) in [7, 11) is 0. The maximum Gasteiger partial charge on any atom is 0.221 e. The van der Waals surface area contributed by atoms with Gasteiger partial charge in [0.1, 0.15) is 0 Å². The highest BCUT2D eigenvalue weighted by Gasteiger charge is 2.17. The third-order valence-corrected chi connectivity index (χ3v) is 3.89. The lowest BCUT2D eigenvalue weighted by Gasteiger charge is -2.24. The van der Waals surface area contributed by atoms with Crippen molar-refractivity contribution in [2.75, 3.05) is 59.4 Å². The van der Waals surface area contributed by atoms with Crippen LogP contribution in [0.25, 0.3) is 0 Å². The molecular formula is C21H44N2O5. The largest absolute Gasteiger partial charge is 0.379 e. The van der Waals surface area contributed by atoms with E-state index in [9.17, 15) is 4.79 Å². The van der Waals surface area contributed by atoms with Crippen LogP contribution in [0.5, 0.6) is 0 Å². The summed E-state index contributed by atoms with van der Waals surface area (Å²) >= 11 is 0. The van der Waals surface area contributed by atoms with Crippen molar-refractivity contribution in [3.8, 4) is 0 Å². The maximum atomic E-state index is 12.0. The highest BCUT2D eigenvalue weighted by Crippen LogP contribution is 2.07. The van der Waals surface area contributed by atoms with Crippen molar-refractivity contribution in [1.29, 1.82) is 0 Å². The molecule has 168 valence electrons. The molecule has 0 aliphatic carbocycles. The van der Waals surface area contributed by atoms with Gasteiger partial charge in [-0.1, -0.05) is 41.5 Å². The molecule has 0 aromatic heterocycles. The Labute approximate surface area is 172 Å². The van der Waals surface area contributed by atoms with E-state index in [1.807, 2.05) is 0 Å². The van der Waals surface area contributed by atoms with Crippen molar-refractivity contribution in [2.45, 2.75) is 60.0 Å². The number of nitrogens with one attached hydrogen (secondary N) is 2. The lowest BCUT2D eigenvalue weighted by molar-refractivity contribution is -0.122. The summed E-state index contributed by atoms with van der Waals surface area (Å²) in [5.74, 6) is 1.02. The number of hydrogen-bond acceptors (Lipinski definition) is 6. The quantitative estimate of drug-likeness (QED) is 0.322. The van der Waals surface area contributed by atoms with Gasteiger partial charge in [0.25, 0.3) is 0 Å². The number of carbonyl (C=O) groups is 1. The molecule has 0 heterocycles. The number of amides is 1. The first kappa shape index (κ1) is 27.3. The SMILES string of the molecule is CC(C)COCCOCCOCCOCCNC(=O)C[C@H](NC(C)C)C(C)C. The maximum absolute atomic E-state index is 12.0. The summed E-state index contributed by atoms with van der Waals surface area (Å²) < 4.78 is 21.7. The summed E-state index contributed by atoms with van der Waals surface area (Å²) in [6, 6.07) is 0.561. The van der Waals surface area contributed by atoms with Gasteiger partial charge in [-0.25, -0.2) is 0 Å². The van der Waals surface area contributed by atoms with Crippen LogP contribution < -0.4 is 10.6 Å². The fourth-order valence-electron chi connectivity index (χ4n) is 2.43. The molecule has 7 nitrogen and oxygen atoms in total. The van der Waals surface area contributed by atoms with Crippen LogP contribution in [-0.2, 0) is 23.7 Å². The summed E-state index contributed by atoms with van der Waals surface area (Å²) in [5, 5.41) is 6.34. The normalized spacial score (nSPS) is 12.9. The van der Waals surface area contributed by atoms with E-state index in [0.29, 0.717) is 77.1 Å². The van der Waals surface area contributed by atoms with E-state index in [-0.39, 0.29) is 11.9 Å². The van der Waals surface area contributed by atoms with Crippen LogP contribution in [0.15, 0.2) is 0 Å². The fraction of sp³-hybridized carbons (Fsp3) is 0.952. The Morgan fingerprint density at radius 2 is 1.25 bits per heavy atom. The summed E-state index contributed by atoms with van der Waals surface area (Å²) in [4.78, 5) is 12.0. The lowest BCUT2D eigenvalue weighted by atomic mass is 10.00. The second-order valence-corrected chi connectivity index (χ2v) is 8.03. The molecule has 1 amide bonds. The standard InChI is InChI=1S/C21H44N2O5/c1-17(2)16-28-14-13-27-12-11-26-10-9-25-8-7-22-21(24)15-20(18(3)4)23-19(5)6/h17-20,23H,7-16H2,1-6H3,(H,22,24)/t20-/m0/s1. The van der Waals surface area contributed by atoms with E-state index in [0.717, 1.165) is 6.61 Å². The molecule has 0 unspecified atom stereocenters. The summed E-state index contributed by atoms with van der Waals surface area (Å²) in [6.07, 6.45) is 0.488. The van der Waals surface area contributed by atoms with Gasteiger partial charge >= 0.3 is 0 Å². The minimum absolute atomic E-state index is 0.0567. The van der Waals surface area contributed by atoms with Gasteiger partial charge in [0.15, 0.2) is 0 Å². The molecule has 2 N–H and O–H groups in total. The van der Waals surface area contributed by atoms with Gasteiger partial charge < -0.3 is 29.6 Å². The highest BCUT2D eigenvalue weighted by atomic mass is 16.6. The predicted octanol–water partition coefficient (Wildman–Crippen LogP) is 2.24. The van der Waals surface area contributed by atoms with Crippen molar-refractivity contribution in [3.05, 3.63) is 0 Å². The van der Waals surface area contributed by atoms with Crippen molar-refractivity contribution < 1.29 is 23.7 Å². The van der Waals surface area contributed by atoms with Crippen molar-refractivity contribution in [3.63, 3.8) is 0 Å². The average Bonchev–Trinajstić information content (AvgIpc) is 2.60. The molecule has 0 radical (unpaired) electrons. The molecule has 7 heteroatoms.